The van der Waals surface area contributed by atoms with Crippen molar-refractivity contribution in [1.82, 2.24) is 15.2 Å². The van der Waals surface area contributed by atoms with Gasteiger partial charge < -0.3 is 10.2 Å². The van der Waals surface area contributed by atoms with E-state index in [1.54, 1.807) is 0 Å². The van der Waals surface area contributed by atoms with Gasteiger partial charge in [0.1, 0.15) is 0 Å². The van der Waals surface area contributed by atoms with Crippen LogP contribution in [0.5, 0.6) is 0 Å². The van der Waals surface area contributed by atoms with Crippen LogP contribution in [0.15, 0.2) is 30.3 Å². The molecule has 4 unspecified atom stereocenters. The maximum absolute atomic E-state index is 14.5. The Morgan fingerprint density at radius 3 is 2.77 bits per heavy atom. The van der Waals surface area contributed by atoms with Crippen LogP contribution in [-0.2, 0) is 23.1 Å². The molecule has 4 atom stereocenters. The fourth-order valence-corrected chi connectivity index (χ4v) is 9.16. The van der Waals surface area contributed by atoms with Gasteiger partial charge in [0.05, 0.1) is 16.6 Å². The summed E-state index contributed by atoms with van der Waals surface area (Å²) in [5.74, 6) is 1.75. The summed E-state index contributed by atoms with van der Waals surface area (Å²) in [6.45, 7) is 4.89. The van der Waals surface area contributed by atoms with Crippen molar-refractivity contribution in [3.63, 3.8) is 0 Å². The summed E-state index contributed by atoms with van der Waals surface area (Å²) in [6.07, 6.45) is 13.2. The summed E-state index contributed by atoms with van der Waals surface area (Å²) in [5, 5.41) is 4.93. The van der Waals surface area contributed by atoms with Crippen molar-refractivity contribution < 1.29 is 4.79 Å². The second-order valence-electron chi connectivity index (χ2n) is 11.6. The van der Waals surface area contributed by atoms with Crippen LogP contribution in [0, 0.1) is 11.8 Å². The minimum atomic E-state index is -0.0385. The van der Waals surface area contributed by atoms with Crippen molar-refractivity contribution in [2.24, 2.45) is 11.8 Å². The average molecular weight is 492 g/mol. The number of benzene rings is 1. The van der Waals surface area contributed by atoms with Gasteiger partial charge in [0.15, 0.2) is 0 Å². The van der Waals surface area contributed by atoms with Crippen LogP contribution in [-0.4, -0.2) is 41.5 Å². The fourth-order valence-electron chi connectivity index (χ4n) is 7.84. The highest BCUT2D eigenvalue weighted by Gasteiger charge is 2.53. The lowest BCUT2D eigenvalue weighted by atomic mass is 9.68. The molecular weight excluding hydrogens is 450 g/mol. The second kappa shape index (κ2) is 9.97. The zero-order valence-corrected chi connectivity index (χ0v) is 22.1. The van der Waals surface area contributed by atoms with E-state index in [0.717, 1.165) is 58.2 Å². The first-order valence-corrected chi connectivity index (χ1v) is 15.1. The number of carbonyl (C=O) groups excluding carboxylic acids is 1. The molecule has 3 heterocycles. The number of piperidine rings is 1. The third-order valence-electron chi connectivity index (χ3n) is 9.68. The van der Waals surface area contributed by atoms with Gasteiger partial charge in [-0.2, -0.15) is 0 Å². The summed E-state index contributed by atoms with van der Waals surface area (Å²) in [5.41, 5.74) is 2.72. The van der Waals surface area contributed by atoms with Gasteiger partial charge in [0, 0.05) is 36.0 Å². The molecule has 3 fully saturated rings. The van der Waals surface area contributed by atoms with Crippen LogP contribution < -0.4 is 5.32 Å². The molecule has 1 aromatic heterocycles. The van der Waals surface area contributed by atoms with E-state index in [1.165, 1.54) is 53.2 Å². The van der Waals surface area contributed by atoms with Crippen LogP contribution in [0.1, 0.15) is 91.8 Å². The molecular formula is C30H41N3OS. The van der Waals surface area contributed by atoms with Crippen LogP contribution in [0.25, 0.3) is 0 Å². The van der Waals surface area contributed by atoms with Crippen molar-refractivity contribution in [1.29, 1.82) is 0 Å². The molecule has 5 heteroatoms. The van der Waals surface area contributed by atoms with Crippen molar-refractivity contribution in [2.45, 2.75) is 94.9 Å². The number of fused-ring (bicyclic) bond motifs is 2. The molecule has 1 amide bonds. The minimum absolute atomic E-state index is 0.0385. The van der Waals surface area contributed by atoms with Crippen LogP contribution in [0.2, 0.25) is 0 Å². The highest BCUT2D eigenvalue weighted by atomic mass is 32.1. The molecule has 0 bridgehead atoms. The first-order chi connectivity index (χ1) is 17.2. The highest BCUT2D eigenvalue weighted by Crippen LogP contribution is 2.49. The maximum atomic E-state index is 14.5. The molecule has 1 N–H and O–H groups in total. The number of nitrogens with zero attached hydrogens (tertiary/aromatic N) is 2. The highest BCUT2D eigenvalue weighted by molar-refractivity contribution is 7.12. The molecule has 1 aromatic carbocycles. The average Bonchev–Trinajstić information content (AvgIpc) is 3.54. The molecule has 188 valence electrons. The van der Waals surface area contributed by atoms with E-state index >= 15 is 0 Å². The number of aromatic nitrogens is 1. The Morgan fingerprint density at radius 2 is 1.97 bits per heavy atom. The molecule has 4 aliphatic rings. The van der Waals surface area contributed by atoms with E-state index in [9.17, 15) is 4.79 Å². The van der Waals surface area contributed by atoms with Gasteiger partial charge in [-0.05, 0) is 68.8 Å². The van der Waals surface area contributed by atoms with Gasteiger partial charge in [-0.1, -0.05) is 56.5 Å². The van der Waals surface area contributed by atoms with Gasteiger partial charge >= 0.3 is 0 Å². The number of thiazole rings is 1. The molecule has 1 saturated carbocycles. The normalized spacial score (nSPS) is 31.6. The number of carbonyl (C=O) groups is 1. The smallest absolute Gasteiger partial charge is 0.228 e. The van der Waals surface area contributed by atoms with Crippen molar-refractivity contribution in [3.8, 4) is 0 Å². The maximum Gasteiger partial charge on any atom is 0.228 e. The summed E-state index contributed by atoms with van der Waals surface area (Å²) >= 11 is 1.90. The molecule has 2 aliphatic heterocycles. The number of nitrogens with one attached hydrogen (secondary N) is 1. The van der Waals surface area contributed by atoms with Gasteiger partial charge in [-0.3, -0.25) is 4.79 Å². The standard InChI is InChI=1S/C30H41N3OS/c1-2-27-32-25-14-9-16-30(28(25)35-27)20-31-19-24(30)29(34)33-17-15-23(21-10-5-3-6-11-21)18-26(33)22-12-7-4-8-13-22/h3,5-6,10-11,22-24,26,31H,2,4,7-9,12-20H2,1H3. The van der Waals surface area contributed by atoms with Crippen LogP contribution >= 0.6 is 11.3 Å². The lowest BCUT2D eigenvalue weighted by Gasteiger charge is -2.47. The third-order valence-corrected chi connectivity index (χ3v) is 11.1. The Morgan fingerprint density at radius 1 is 1.14 bits per heavy atom. The van der Waals surface area contributed by atoms with Crippen molar-refractivity contribution in [2.75, 3.05) is 19.6 Å². The predicted octanol–water partition coefficient (Wildman–Crippen LogP) is 5.85. The second-order valence-corrected chi connectivity index (χ2v) is 12.6. The zero-order chi connectivity index (χ0) is 23.8. The molecule has 2 aromatic rings. The quantitative estimate of drug-likeness (QED) is 0.583. The number of hydrogen-bond donors (Lipinski definition) is 1. The Kier molecular flexibility index (Phi) is 6.74. The molecule has 2 aliphatic carbocycles. The number of hydrogen-bond acceptors (Lipinski definition) is 4. The largest absolute Gasteiger partial charge is 0.339 e. The predicted molar refractivity (Wildman–Crippen MR) is 143 cm³/mol. The van der Waals surface area contributed by atoms with E-state index in [2.05, 4.69) is 47.5 Å². The molecule has 35 heavy (non-hydrogen) atoms. The topological polar surface area (TPSA) is 45.2 Å². The lowest BCUT2D eigenvalue weighted by Crippen LogP contribution is -2.55. The van der Waals surface area contributed by atoms with Gasteiger partial charge in [-0.15, -0.1) is 11.3 Å². The Balaban J connectivity index is 1.30. The first-order valence-electron chi connectivity index (χ1n) is 14.2. The number of amides is 1. The molecule has 2 saturated heterocycles. The summed E-state index contributed by atoms with van der Waals surface area (Å²) < 4.78 is 0. The molecule has 4 nitrogen and oxygen atoms in total. The third kappa shape index (κ3) is 4.27. The van der Waals surface area contributed by atoms with E-state index in [1.807, 2.05) is 11.3 Å². The Bertz CT molecular complexity index is 1030. The SMILES string of the molecule is CCc1nc2c(s1)C1(CCC2)CNCC1C(=O)N1CCC(c2ccccc2)CC1C1CCCCC1. The monoisotopic (exact) mass is 491 g/mol. The number of likely N-dealkylation sites (tertiary alicyclic amines) is 1. The van der Waals surface area contributed by atoms with Gasteiger partial charge in [0.25, 0.3) is 0 Å². The van der Waals surface area contributed by atoms with E-state index in [0.29, 0.717) is 23.8 Å². The summed E-state index contributed by atoms with van der Waals surface area (Å²) in [4.78, 5) is 23.4. The van der Waals surface area contributed by atoms with E-state index < -0.39 is 0 Å². The minimum Gasteiger partial charge on any atom is -0.339 e. The molecule has 6 rings (SSSR count). The van der Waals surface area contributed by atoms with Crippen molar-refractivity contribution in [3.05, 3.63) is 51.5 Å². The van der Waals surface area contributed by atoms with Crippen LogP contribution in [0.4, 0.5) is 0 Å². The zero-order valence-electron chi connectivity index (χ0n) is 21.3. The molecule has 0 radical (unpaired) electrons. The number of rotatable bonds is 4. The summed E-state index contributed by atoms with van der Waals surface area (Å²) in [6, 6.07) is 11.5. The Labute approximate surface area is 214 Å². The van der Waals surface area contributed by atoms with Gasteiger partial charge in [0.2, 0.25) is 5.91 Å². The number of aryl methyl sites for hydroxylation is 2. The molecule has 1 spiro atoms. The van der Waals surface area contributed by atoms with Crippen LogP contribution in [0.3, 0.4) is 0 Å². The fraction of sp³-hybridized carbons (Fsp3) is 0.667. The first kappa shape index (κ1) is 23.7. The van der Waals surface area contributed by atoms with E-state index in [-0.39, 0.29) is 11.3 Å². The lowest BCUT2D eigenvalue weighted by molar-refractivity contribution is -0.143. The van der Waals surface area contributed by atoms with Gasteiger partial charge in [-0.25, -0.2) is 4.98 Å². The Hall–Kier alpha value is -1.72. The summed E-state index contributed by atoms with van der Waals surface area (Å²) in [7, 11) is 0. The van der Waals surface area contributed by atoms with E-state index in [4.69, 9.17) is 4.98 Å². The van der Waals surface area contributed by atoms with Crippen molar-refractivity contribution >= 4 is 17.2 Å².